The van der Waals surface area contributed by atoms with Crippen molar-refractivity contribution in [2.24, 2.45) is 5.16 Å². The summed E-state index contributed by atoms with van der Waals surface area (Å²) in [5.74, 6) is -8.48. The average molecular weight is 293 g/mol. The first-order valence-corrected chi connectivity index (χ1v) is 5.61. The van der Waals surface area contributed by atoms with Crippen molar-refractivity contribution in [3.63, 3.8) is 0 Å². The van der Waals surface area contributed by atoms with Gasteiger partial charge in [-0.05, 0) is 19.1 Å². The number of phenols is 1. The van der Waals surface area contributed by atoms with E-state index in [0.717, 1.165) is 0 Å². The van der Waals surface area contributed by atoms with Crippen LogP contribution in [0.1, 0.15) is 17.5 Å². The van der Waals surface area contributed by atoms with Crippen molar-refractivity contribution in [2.75, 3.05) is 0 Å². The van der Waals surface area contributed by atoms with Gasteiger partial charge in [-0.25, -0.2) is 8.78 Å². The molecule has 1 aromatic carbocycles. The van der Waals surface area contributed by atoms with Gasteiger partial charge in [0.25, 0.3) is 0 Å². The third-order valence-electron chi connectivity index (χ3n) is 2.97. The zero-order chi connectivity index (χ0) is 15.1. The number of hydrogen-bond donors (Lipinski definition) is 2. The van der Waals surface area contributed by atoms with Crippen LogP contribution in [0.4, 0.5) is 17.6 Å². The fraction of sp³-hybridized carbons (Fsp3) is 0.417. The molecule has 2 rings (SSSR count). The van der Waals surface area contributed by atoms with Crippen molar-refractivity contribution in [2.45, 2.75) is 31.5 Å². The van der Waals surface area contributed by atoms with E-state index in [4.69, 9.17) is 0 Å². The van der Waals surface area contributed by atoms with E-state index in [1.165, 1.54) is 12.1 Å². The molecule has 1 aliphatic rings. The molecule has 0 bridgehead atoms. The number of alkyl halides is 4. The Hall–Kier alpha value is -1.83. The first-order chi connectivity index (χ1) is 9.17. The van der Waals surface area contributed by atoms with Crippen molar-refractivity contribution < 1.29 is 32.6 Å². The molecule has 0 radical (unpaired) electrons. The number of rotatable bonds is 3. The highest BCUT2D eigenvalue weighted by Gasteiger charge is 2.65. The summed E-state index contributed by atoms with van der Waals surface area (Å²) >= 11 is 0. The van der Waals surface area contributed by atoms with E-state index in [1.54, 1.807) is 13.0 Å². The second kappa shape index (κ2) is 4.62. The molecular weight excluding hydrogens is 282 g/mol. The summed E-state index contributed by atoms with van der Waals surface area (Å²) in [4.78, 5) is 4.13. The zero-order valence-electron chi connectivity index (χ0n) is 10.3. The monoisotopic (exact) mass is 293 g/mol. The van der Waals surface area contributed by atoms with E-state index in [2.05, 4.69) is 9.99 Å². The van der Waals surface area contributed by atoms with Gasteiger partial charge in [0.15, 0.2) is 0 Å². The molecule has 0 aromatic heterocycles. The Labute approximate surface area is 111 Å². The molecule has 0 unspecified atom stereocenters. The standard InChI is InChI=1S/C12H11F4NO3/c1-6-2-3-9(18)7(4-6)8-5-11(19,20-17-8)12(15,16)10(13)14/h2-4,10,18-19H,5H2,1H3/t11-/m1/s1. The third-order valence-corrected chi connectivity index (χ3v) is 2.97. The number of aliphatic hydroxyl groups is 1. The van der Waals surface area contributed by atoms with Crippen LogP contribution in [0.25, 0.3) is 0 Å². The van der Waals surface area contributed by atoms with E-state index >= 15 is 0 Å². The predicted octanol–water partition coefficient (Wildman–Crippen LogP) is 2.41. The van der Waals surface area contributed by atoms with Crippen LogP contribution in [-0.4, -0.2) is 34.1 Å². The van der Waals surface area contributed by atoms with Crippen LogP contribution in [0.15, 0.2) is 23.4 Å². The molecule has 0 fully saturated rings. The fourth-order valence-electron chi connectivity index (χ4n) is 1.80. The molecule has 8 heteroatoms. The van der Waals surface area contributed by atoms with Gasteiger partial charge in [0, 0.05) is 5.56 Å². The van der Waals surface area contributed by atoms with E-state index in [1.807, 2.05) is 0 Å². The Balaban J connectivity index is 2.30. The minimum atomic E-state index is -4.78. The summed E-state index contributed by atoms with van der Waals surface area (Å²) in [5.41, 5.74) is 0.511. The number of benzene rings is 1. The third kappa shape index (κ3) is 2.20. The van der Waals surface area contributed by atoms with Gasteiger partial charge in [0.1, 0.15) is 5.75 Å². The summed E-state index contributed by atoms with van der Waals surface area (Å²) in [5, 5.41) is 22.4. The summed E-state index contributed by atoms with van der Waals surface area (Å²) in [7, 11) is 0. The lowest BCUT2D eigenvalue weighted by atomic mass is 9.97. The second-order valence-corrected chi connectivity index (χ2v) is 4.53. The van der Waals surface area contributed by atoms with Crippen LogP contribution >= 0.6 is 0 Å². The highest BCUT2D eigenvalue weighted by molar-refractivity contribution is 6.03. The minimum Gasteiger partial charge on any atom is -0.507 e. The molecule has 2 N–H and O–H groups in total. The molecule has 1 heterocycles. The zero-order valence-corrected chi connectivity index (χ0v) is 10.3. The van der Waals surface area contributed by atoms with Gasteiger partial charge in [-0.15, -0.1) is 0 Å². The summed E-state index contributed by atoms with van der Waals surface area (Å²) in [6, 6.07) is 4.29. The van der Waals surface area contributed by atoms with Crippen molar-refractivity contribution >= 4 is 5.71 Å². The number of halogens is 4. The maximum atomic E-state index is 13.2. The van der Waals surface area contributed by atoms with Crippen molar-refractivity contribution in [3.8, 4) is 5.75 Å². The lowest BCUT2D eigenvalue weighted by Gasteiger charge is -2.28. The van der Waals surface area contributed by atoms with Crippen LogP contribution in [0.5, 0.6) is 5.75 Å². The van der Waals surface area contributed by atoms with E-state index in [0.29, 0.717) is 5.56 Å². The van der Waals surface area contributed by atoms with E-state index < -0.39 is 24.6 Å². The van der Waals surface area contributed by atoms with Gasteiger partial charge in [-0.2, -0.15) is 8.78 Å². The van der Waals surface area contributed by atoms with Gasteiger partial charge >= 0.3 is 18.1 Å². The number of nitrogens with zero attached hydrogens (tertiary/aromatic N) is 1. The molecule has 1 aliphatic heterocycles. The normalized spacial score (nSPS) is 22.9. The second-order valence-electron chi connectivity index (χ2n) is 4.53. The largest absolute Gasteiger partial charge is 0.507 e. The van der Waals surface area contributed by atoms with E-state index in [-0.39, 0.29) is 17.0 Å². The van der Waals surface area contributed by atoms with Crippen LogP contribution in [0.3, 0.4) is 0 Å². The molecule has 0 amide bonds. The number of phenolic OH excluding ortho intramolecular Hbond substituents is 1. The highest BCUT2D eigenvalue weighted by atomic mass is 19.3. The van der Waals surface area contributed by atoms with Crippen molar-refractivity contribution in [3.05, 3.63) is 29.3 Å². The molecule has 110 valence electrons. The van der Waals surface area contributed by atoms with Crippen LogP contribution in [0, 0.1) is 6.92 Å². The molecule has 1 atom stereocenters. The molecular formula is C12H11F4NO3. The summed E-state index contributed by atoms with van der Waals surface area (Å²) in [6.45, 7) is 1.68. The average Bonchev–Trinajstić information content (AvgIpc) is 2.76. The lowest BCUT2D eigenvalue weighted by molar-refractivity contribution is -0.338. The first kappa shape index (κ1) is 14.6. The number of aromatic hydroxyl groups is 1. The van der Waals surface area contributed by atoms with E-state index in [9.17, 15) is 27.8 Å². The number of aryl methyl sites for hydroxylation is 1. The van der Waals surface area contributed by atoms with Crippen LogP contribution in [0.2, 0.25) is 0 Å². The Morgan fingerprint density at radius 2 is 2.05 bits per heavy atom. The SMILES string of the molecule is Cc1ccc(O)c(C2=NO[C@@](O)(C(F)(F)C(F)F)C2)c1. The molecule has 0 saturated carbocycles. The summed E-state index contributed by atoms with van der Waals surface area (Å²) < 4.78 is 51.1. The smallest absolute Gasteiger partial charge is 0.373 e. The molecule has 4 nitrogen and oxygen atoms in total. The Morgan fingerprint density at radius 3 is 2.65 bits per heavy atom. The van der Waals surface area contributed by atoms with Crippen LogP contribution < -0.4 is 0 Å². The molecule has 20 heavy (non-hydrogen) atoms. The predicted molar refractivity (Wildman–Crippen MR) is 61.0 cm³/mol. The van der Waals surface area contributed by atoms with Crippen LogP contribution in [-0.2, 0) is 4.84 Å². The fourth-order valence-corrected chi connectivity index (χ4v) is 1.80. The maximum Gasteiger partial charge on any atom is 0.373 e. The molecule has 0 spiro atoms. The van der Waals surface area contributed by atoms with Gasteiger partial charge in [0.2, 0.25) is 0 Å². The highest BCUT2D eigenvalue weighted by Crippen LogP contribution is 2.42. The van der Waals surface area contributed by atoms with Gasteiger partial charge < -0.3 is 15.1 Å². The Morgan fingerprint density at radius 1 is 1.40 bits per heavy atom. The van der Waals surface area contributed by atoms with Crippen molar-refractivity contribution in [1.82, 2.24) is 0 Å². The lowest BCUT2D eigenvalue weighted by Crippen LogP contribution is -2.52. The Bertz CT molecular complexity index is 562. The van der Waals surface area contributed by atoms with Gasteiger partial charge in [-0.1, -0.05) is 16.8 Å². The summed E-state index contributed by atoms with van der Waals surface area (Å²) in [6.07, 6.45) is -5.06. The number of oxime groups is 1. The van der Waals surface area contributed by atoms with Crippen molar-refractivity contribution in [1.29, 1.82) is 0 Å². The molecule has 0 aliphatic carbocycles. The quantitative estimate of drug-likeness (QED) is 0.841. The van der Waals surface area contributed by atoms with Gasteiger partial charge in [-0.3, -0.25) is 0 Å². The maximum absolute atomic E-state index is 13.2. The van der Waals surface area contributed by atoms with Gasteiger partial charge in [0.05, 0.1) is 12.1 Å². The topological polar surface area (TPSA) is 62.1 Å². The minimum absolute atomic E-state index is 0.0472. The Kier molecular flexibility index (Phi) is 3.37. The number of hydrogen-bond acceptors (Lipinski definition) is 4. The first-order valence-electron chi connectivity index (χ1n) is 5.61. The molecule has 0 saturated heterocycles. The molecule has 1 aromatic rings.